The zero-order chi connectivity index (χ0) is 15.1. The van der Waals surface area contributed by atoms with Crippen molar-refractivity contribution in [2.24, 2.45) is 0 Å². The number of methoxy groups -OCH3 is 1. The lowest BCUT2D eigenvalue weighted by molar-refractivity contribution is -0.111. The molecule has 0 spiro atoms. The van der Waals surface area contributed by atoms with E-state index >= 15 is 0 Å². The van der Waals surface area contributed by atoms with Crippen LogP contribution in [0, 0.1) is 0 Å². The molecule has 0 amide bonds. The van der Waals surface area contributed by atoms with E-state index in [0.717, 1.165) is 39.0 Å². The van der Waals surface area contributed by atoms with Crippen molar-refractivity contribution in [3.05, 3.63) is 35.4 Å². The number of nitrogens with one attached hydrogen (secondary N) is 1. The first-order valence-electron chi connectivity index (χ1n) is 8.21. The summed E-state index contributed by atoms with van der Waals surface area (Å²) in [5.41, 5.74) is 2.60. The summed E-state index contributed by atoms with van der Waals surface area (Å²) in [4.78, 5) is 0. The zero-order valence-corrected chi connectivity index (χ0v) is 13.7. The van der Waals surface area contributed by atoms with Crippen LogP contribution in [0.5, 0.6) is 0 Å². The average Bonchev–Trinajstić information content (AvgIpc) is 2.54. The molecule has 3 heteroatoms. The molecule has 1 N–H and O–H groups in total. The maximum Gasteiger partial charge on any atom is 0.0916 e. The number of ether oxygens (including phenoxy) is 2. The lowest BCUT2D eigenvalue weighted by Gasteiger charge is -2.43. The molecular formula is C18H29NO2. The second kappa shape index (κ2) is 7.92. The van der Waals surface area contributed by atoms with Crippen LogP contribution in [0.2, 0.25) is 0 Å². The summed E-state index contributed by atoms with van der Waals surface area (Å²) in [5.74, 6) is 0. The van der Waals surface area contributed by atoms with Gasteiger partial charge in [-0.3, -0.25) is 0 Å². The van der Waals surface area contributed by atoms with Crippen molar-refractivity contribution < 1.29 is 9.47 Å². The van der Waals surface area contributed by atoms with Gasteiger partial charge < -0.3 is 14.8 Å². The molecule has 1 fully saturated rings. The second-order valence-corrected chi connectivity index (χ2v) is 5.87. The number of rotatable bonds is 7. The van der Waals surface area contributed by atoms with Crippen LogP contribution in [0.15, 0.2) is 24.3 Å². The van der Waals surface area contributed by atoms with Crippen LogP contribution in [0.4, 0.5) is 0 Å². The lowest BCUT2D eigenvalue weighted by atomic mass is 9.81. The van der Waals surface area contributed by atoms with Gasteiger partial charge in [-0.1, -0.05) is 44.5 Å². The van der Waals surface area contributed by atoms with Crippen molar-refractivity contribution in [2.45, 2.75) is 51.2 Å². The number of benzene rings is 1. The van der Waals surface area contributed by atoms with Crippen LogP contribution in [-0.4, -0.2) is 32.5 Å². The Morgan fingerprint density at radius 3 is 2.67 bits per heavy atom. The highest BCUT2D eigenvalue weighted by Crippen LogP contribution is 2.37. The Hall–Kier alpha value is -0.900. The smallest absolute Gasteiger partial charge is 0.0916 e. The van der Waals surface area contributed by atoms with Gasteiger partial charge in [-0.25, -0.2) is 0 Å². The first-order valence-corrected chi connectivity index (χ1v) is 8.21. The average molecular weight is 291 g/mol. The Morgan fingerprint density at radius 2 is 2.05 bits per heavy atom. The van der Waals surface area contributed by atoms with E-state index in [9.17, 15) is 0 Å². The number of hydrogen-bond acceptors (Lipinski definition) is 3. The van der Waals surface area contributed by atoms with E-state index in [4.69, 9.17) is 9.47 Å². The predicted molar refractivity (Wildman–Crippen MR) is 86.6 cm³/mol. The minimum atomic E-state index is -0.154. The fourth-order valence-electron chi connectivity index (χ4n) is 3.36. The summed E-state index contributed by atoms with van der Waals surface area (Å²) in [6.07, 6.45) is 4.20. The van der Waals surface area contributed by atoms with E-state index in [1.54, 1.807) is 0 Å². The van der Waals surface area contributed by atoms with Gasteiger partial charge in [-0.05, 0) is 24.1 Å². The van der Waals surface area contributed by atoms with E-state index in [-0.39, 0.29) is 11.6 Å². The van der Waals surface area contributed by atoms with E-state index in [1.165, 1.54) is 17.5 Å². The molecule has 1 aliphatic rings. The van der Waals surface area contributed by atoms with Gasteiger partial charge in [0.15, 0.2) is 0 Å². The van der Waals surface area contributed by atoms with Gasteiger partial charge in [0.2, 0.25) is 0 Å². The fourth-order valence-corrected chi connectivity index (χ4v) is 3.36. The lowest BCUT2D eigenvalue weighted by Crippen LogP contribution is -2.49. The fraction of sp³-hybridized carbons (Fsp3) is 0.667. The first kappa shape index (κ1) is 16.5. The molecule has 1 aromatic carbocycles. The maximum absolute atomic E-state index is 6.01. The summed E-state index contributed by atoms with van der Waals surface area (Å²) in [6.45, 7) is 6.89. The predicted octanol–water partition coefficient (Wildman–Crippen LogP) is 3.49. The normalized spacial score (nSPS) is 19.4. The molecule has 0 bridgehead atoms. The molecule has 1 heterocycles. The Morgan fingerprint density at radius 1 is 1.29 bits per heavy atom. The quantitative estimate of drug-likeness (QED) is 0.834. The number of aryl methyl sites for hydroxylation is 1. The molecule has 0 aliphatic carbocycles. The molecule has 0 radical (unpaired) electrons. The van der Waals surface area contributed by atoms with Crippen LogP contribution < -0.4 is 5.32 Å². The molecule has 118 valence electrons. The molecule has 0 aromatic heterocycles. The summed E-state index contributed by atoms with van der Waals surface area (Å²) >= 11 is 0. The summed E-state index contributed by atoms with van der Waals surface area (Å²) in [7, 11) is 1.84. The van der Waals surface area contributed by atoms with Crippen molar-refractivity contribution in [3.63, 3.8) is 0 Å². The van der Waals surface area contributed by atoms with Crippen molar-refractivity contribution >= 4 is 0 Å². The van der Waals surface area contributed by atoms with E-state index < -0.39 is 0 Å². The first-order chi connectivity index (χ1) is 10.3. The highest BCUT2D eigenvalue weighted by molar-refractivity contribution is 5.28. The summed E-state index contributed by atoms with van der Waals surface area (Å²) in [5, 5.41) is 3.65. The molecule has 0 saturated carbocycles. The maximum atomic E-state index is 6.01. The third-order valence-corrected chi connectivity index (χ3v) is 4.50. The third-order valence-electron chi connectivity index (χ3n) is 4.50. The summed E-state index contributed by atoms with van der Waals surface area (Å²) < 4.78 is 11.6. The van der Waals surface area contributed by atoms with E-state index in [1.807, 2.05) is 7.11 Å². The summed E-state index contributed by atoms with van der Waals surface area (Å²) in [6, 6.07) is 9.19. The van der Waals surface area contributed by atoms with Crippen LogP contribution in [-0.2, 0) is 15.9 Å². The standard InChI is InChI=1S/C18H29NO2/c1-4-7-15-8-6-9-16(14-15)17(19-5-2)18(20-3)10-12-21-13-11-18/h6,8-9,14,17,19H,4-5,7,10-13H2,1-3H3. The van der Waals surface area contributed by atoms with Crippen LogP contribution in [0.3, 0.4) is 0 Å². The van der Waals surface area contributed by atoms with Crippen molar-refractivity contribution in [3.8, 4) is 0 Å². The largest absolute Gasteiger partial charge is 0.381 e. The molecule has 1 atom stereocenters. The highest BCUT2D eigenvalue weighted by Gasteiger charge is 2.41. The number of hydrogen-bond donors (Lipinski definition) is 1. The third kappa shape index (κ3) is 3.85. The van der Waals surface area contributed by atoms with Crippen LogP contribution in [0.25, 0.3) is 0 Å². The molecule has 1 aromatic rings. The highest BCUT2D eigenvalue weighted by atomic mass is 16.5. The SMILES string of the molecule is CCCc1cccc(C(NCC)C2(OC)CCOCC2)c1. The minimum Gasteiger partial charge on any atom is -0.381 e. The molecule has 21 heavy (non-hydrogen) atoms. The Bertz CT molecular complexity index is 427. The Kier molecular flexibility index (Phi) is 6.22. The number of likely N-dealkylation sites (N-methyl/N-ethyl adjacent to an activating group) is 1. The molecule has 2 rings (SSSR count). The van der Waals surface area contributed by atoms with Gasteiger partial charge in [-0.15, -0.1) is 0 Å². The van der Waals surface area contributed by atoms with E-state index in [0.29, 0.717) is 0 Å². The van der Waals surface area contributed by atoms with Gasteiger partial charge in [0.1, 0.15) is 0 Å². The van der Waals surface area contributed by atoms with Crippen LogP contribution in [0.1, 0.15) is 50.3 Å². The van der Waals surface area contributed by atoms with Crippen LogP contribution >= 0.6 is 0 Å². The van der Waals surface area contributed by atoms with Gasteiger partial charge in [0.25, 0.3) is 0 Å². The Balaban J connectivity index is 2.30. The topological polar surface area (TPSA) is 30.5 Å². The zero-order valence-electron chi connectivity index (χ0n) is 13.7. The van der Waals surface area contributed by atoms with Crippen molar-refractivity contribution in [2.75, 3.05) is 26.9 Å². The van der Waals surface area contributed by atoms with Crippen molar-refractivity contribution in [1.29, 1.82) is 0 Å². The van der Waals surface area contributed by atoms with Gasteiger partial charge in [-0.2, -0.15) is 0 Å². The van der Waals surface area contributed by atoms with E-state index in [2.05, 4.69) is 43.4 Å². The molecular weight excluding hydrogens is 262 g/mol. The van der Waals surface area contributed by atoms with Gasteiger partial charge >= 0.3 is 0 Å². The molecule has 1 aliphatic heterocycles. The monoisotopic (exact) mass is 291 g/mol. The van der Waals surface area contributed by atoms with Gasteiger partial charge in [0.05, 0.1) is 11.6 Å². The molecule has 1 saturated heterocycles. The second-order valence-electron chi connectivity index (χ2n) is 5.87. The molecule has 3 nitrogen and oxygen atoms in total. The van der Waals surface area contributed by atoms with Gasteiger partial charge in [0, 0.05) is 33.2 Å². The van der Waals surface area contributed by atoms with Crippen molar-refractivity contribution in [1.82, 2.24) is 5.32 Å². The molecule has 1 unspecified atom stereocenters. The minimum absolute atomic E-state index is 0.154. The Labute approximate surface area is 129 Å².